The van der Waals surface area contributed by atoms with Gasteiger partial charge in [0.1, 0.15) is 18.1 Å². The zero-order valence-electron chi connectivity index (χ0n) is 19.0. The maximum Gasteiger partial charge on any atom is 0.338 e. The summed E-state index contributed by atoms with van der Waals surface area (Å²) in [5, 5.41) is 3.89. The van der Waals surface area contributed by atoms with Crippen LogP contribution in [0.15, 0.2) is 51.6 Å². The van der Waals surface area contributed by atoms with E-state index in [0.717, 1.165) is 11.3 Å². The molecule has 2 aromatic heterocycles. The lowest BCUT2D eigenvalue weighted by Gasteiger charge is -2.34. The van der Waals surface area contributed by atoms with Crippen molar-refractivity contribution in [1.29, 1.82) is 0 Å². The predicted octanol–water partition coefficient (Wildman–Crippen LogP) is 2.60. The van der Waals surface area contributed by atoms with Crippen LogP contribution in [0.2, 0.25) is 0 Å². The van der Waals surface area contributed by atoms with Gasteiger partial charge in [-0.1, -0.05) is 11.2 Å². The molecule has 2 amide bonds. The lowest BCUT2D eigenvalue weighted by Crippen LogP contribution is -2.51. The molecule has 1 aliphatic heterocycles. The fourth-order valence-corrected chi connectivity index (χ4v) is 3.59. The quantitative estimate of drug-likeness (QED) is 0.487. The van der Waals surface area contributed by atoms with Crippen molar-refractivity contribution in [1.82, 2.24) is 15.0 Å². The van der Waals surface area contributed by atoms with Gasteiger partial charge in [-0.25, -0.2) is 4.79 Å². The molecule has 1 aliphatic rings. The average Bonchev–Trinajstić information content (AvgIpc) is 3.51. The van der Waals surface area contributed by atoms with Crippen molar-refractivity contribution in [2.75, 3.05) is 32.8 Å². The van der Waals surface area contributed by atoms with Crippen LogP contribution in [0.5, 0.6) is 5.75 Å². The smallest absolute Gasteiger partial charge is 0.338 e. The van der Waals surface area contributed by atoms with E-state index < -0.39 is 5.97 Å². The van der Waals surface area contributed by atoms with E-state index in [1.165, 1.54) is 6.26 Å². The van der Waals surface area contributed by atoms with Crippen molar-refractivity contribution in [3.8, 4) is 5.75 Å². The molecule has 10 heteroatoms. The minimum atomic E-state index is -0.622. The Hall–Kier alpha value is -4.08. The Morgan fingerprint density at radius 3 is 2.47 bits per heavy atom. The summed E-state index contributed by atoms with van der Waals surface area (Å²) in [5.74, 6) is 0.287. The van der Waals surface area contributed by atoms with Crippen molar-refractivity contribution >= 4 is 17.8 Å². The van der Waals surface area contributed by atoms with Gasteiger partial charge in [-0.05, 0) is 44.2 Å². The number of furan rings is 1. The molecule has 3 heterocycles. The Morgan fingerprint density at radius 2 is 1.79 bits per heavy atom. The van der Waals surface area contributed by atoms with E-state index in [4.69, 9.17) is 18.4 Å². The van der Waals surface area contributed by atoms with Crippen LogP contribution in [0.1, 0.15) is 37.9 Å². The molecular weight excluding hydrogens is 442 g/mol. The third kappa shape index (κ3) is 5.28. The summed E-state index contributed by atoms with van der Waals surface area (Å²) in [4.78, 5) is 40.5. The molecule has 0 aliphatic carbocycles. The summed E-state index contributed by atoms with van der Waals surface area (Å²) in [6, 6.07) is 9.82. The first kappa shape index (κ1) is 23.1. The molecule has 0 spiro atoms. The normalized spacial score (nSPS) is 13.6. The number of benzene rings is 1. The topological polar surface area (TPSA) is 115 Å². The second-order valence-corrected chi connectivity index (χ2v) is 7.85. The van der Waals surface area contributed by atoms with Crippen LogP contribution >= 0.6 is 0 Å². The highest BCUT2D eigenvalue weighted by Gasteiger charge is 2.26. The highest BCUT2D eigenvalue weighted by atomic mass is 16.5. The first-order chi connectivity index (χ1) is 16.4. The molecule has 34 heavy (non-hydrogen) atoms. The van der Waals surface area contributed by atoms with Gasteiger partial charge in [-0.3, -0.25) is 9.59 Å². The number of nitrogens with zero attached hydrogens (tertiary/aromatic N) is 3. The molecule has 3 aromatic rings. The van der Waals surface area contributed by atoms with Gasteiger partial charge in [0, 0.05) is 26.2 Å². The number of aromatic nitrogens is 1. The average molecular weight is 467 g/mol. The van der Waals surface area contributed by atoms with Crippen LogP contribution in [0.3, 0.4) is 0 Å². The third-order valence-corrected chi connectivity index (χ3v) is 5.61. The summed E-state index contributed by atoms with van der Waals surface area (Å²) in [7, 11) is 0. The molecular formula is C24H25N3O7. The maximum atomic E-state index is 12.5. The van der Waals surface area contributed by atoms with Crippen molar-refractivity contribution in [3.63, 3.8) is 0 Å². The molecule has 178 valence electrons. The number of hydrogen-bond donors (Lipinski definition) is 0. The second kappa shape index (κ2) is 10.2. The fourth-order valence-electron chi connectivity index (χ4n) is 3.59. The fraction of sp³-hybridized carbons (Fsp3) is 0.333. The van der Waals surface area contributed by atoms with Crippen LogP contribution in [-0.4, -0.2) is 65.5 Å². The zero-order valence-corrected chi connectivity index (χ0v) is 19.0. The number of amides is 2. The number of aryl methyl sites for hydroxylation is 2. The van der Waals surface area contributed by atoms with E-state index in [9.17, 15) is 14.4 Å². The van der Waals surface area contributed by atoms with E-state index in [0.29, 0.717) is 37.7 Å². The summed E-state index contributed by atoms with van der Waals surface area (Å²) in [6.07, 6.45) is 1.45. The third-order valence-electron chi connectivity index (χ3n) is 5.61. The van der Waals surface area contributed by atoms with Crippen LogP contribution in [0.25, 0.3) is 0 Å². The van der Waals surface area contributed by atoms with Gasteiger partial charge in [-0.15, -0.1) is 0 Å². The van der Waals surface area contributed by atoms with Crippen LogP contribution in [-0.2, 0) is 16.1 Å². The van der Waals surface area contributed by atoms with Gasteiger partial charge in [0.05, 0.1) is 23.1 Å². The molecule has 0 radical (unpaired) electrons. The van der Waals surface area contributed by atoms with Crippen molar-refractivity contribution < 1.29 is 32.8 Å². The van der Waals surface area contributed by atoms with Crippen molar-refractivity contribution in [3.05, 3.63) is 71.0 Å². The molecule has 0 saturated carbocycles. The van der Waals surface area contributed by atoms with E-state index in [-0.39, 0.29) is 36.4 Å². The number of hydrogen-bond acceptors (Lipinski definition) is 8. The molecule has 1 aromatic carbocycles. The van der Waals surface area contributed by atoms with Crippen molar-refractivity contribution in [2.45, 2.75) is 20.5 Å². The number of ether oxygens (including phenoxy) is 2. The number of carbonyl (C=O) groups excluding carboxylic acids is 3. The Kier molecular flexibility index (Phi) is 6.95. The van der Waals surface area contributed by atoms with E-state index in [1.807, 2.05) is 6.92 Å². The van der Waals surface area contributed by atoms with Crippen LogP contribution in [0.4, 0.5) is 0 Å². The molecule has 0 unspecified atom stereocenters. The van der Waals surface area contributed by atoms with Crippen LogP contribution in [0, 0.1) is 13.8 Å². The first-order valence-electron chi connectivity index (χ1n) is 10.8. The van der Waals surface area contributed by atoms with Gasteiger partial charge < -0.3 is 28.2 Å². The molecule has 0 atom stereocenters. The van der Waals surface area contributed by atoms with Crippen molar-refractivity contribution in [2.24, 2.45) is 0 Å². The van der Waals surface area contributed by atoms with Crippen LogP contribution < -0.4 is 4.74 Å². The highest BCUT2D eigenvalue weighted by molar-refractivity contribution is 5.92. The number of rotatable bonds is 7. The maximum absolute atomic E-state index is 12.5. The van der Waals surface area contributed by atoms with E-state index >= 15 is 0 Å². The first-order valence-corrected chi connectivity index (χ1v) is 10.8. The number of piperazine rings is 1. The molecule has 4 rings (SSSR count). The summed E-state index contributed by atoms with van der Waals surface area (Å²) >= 11 is 0. The second-order valence-electron chi connectivity index (χ2n) is 7.85. The van der Waals surface area contributed by atoms with E-state index in [1.54, 1.807) is 53.1 Å². The molecule has 0 N–H and O–H groups in total. The standard InChI is InChI=1S/C24H25N3O7/c1-16-20(17(2)34-25-16)14-32-19-6-3-5-18(13-19)24(30)33-15-22(28)26-8-10-27(11-9-26)23(29)21-7-4-12-31-21/h3-7,12-13H,8-11,14-15H2,1-2H3. The minimum absolute atomic E-state index is 0.208. The van der Waals surface area contributed by atoms with Gasteiger partial charge in [-0.2, -0.15) is 0 Å². The lowest BCUT2D eigenvalue weighted by molar-refractivity contribution is -0.136. The Bertz CT molecular complexity index is 1140. The SMILES string of the molecule is Cc1noc(C)c1COc1cccc(C(=O)OCC(=O)N2CCN(C(=O)c3ccco3)CC2)c1. The minimum Gasteiger partial charge on any atom is -0.489 e. The van der Waals surface area contributed by atoms with Gasteiger partial charge in [0.25, 0.3) is 11.8 Å². The Balaban J connectivity index is 1.25. The largest absolute Gasteiger partial charge is 0.489 e. The van der Waals surface area contributed by atoms with Gasteiger partial charge in [0.2, 0.25) is 0 Å². The summed E-state index contributed by atoms with van der Waals surface area (Å²) in [5.41, 5.74) is 1.88. The summed E-state index contributed by atoms with van der Waals surface area (Å²) < 4.78 is 21.2. The zero-order chi connectivity index (χ0) is 24.1. The molecule has 1 fully saturated rings. The molecule has 1 saturated heterocycles. The predicted molar refractivity (Wildman–Crippen MR) is 118 cm³/mol. The number of esters is 1. The summed E-state index contributed by atoms with van der Waals surface area (Å²) in [6.45, 7) is 4.98. The lowest BCUT2D eigenvalue weighted by atomic mass is 10.2. The molecule has 0 bridgehead atoms. The van der Waals surface area contributed by atoms with Gasteiger partial charge in [0.15, 0.2) is 12.4 Å². The number of carbonyl (C=O) groups is 3. The Labute approximate surface area is 196 Å². The van der Waals surface area contributed by atoms with E-state index in [2.05, 4.69) is 5.16 Å². The molecule has 10 nitrogen and oxygen atoms in total. The monoisotopic (exact) mass is 467 g/mol. The Morgan fingerprint density at radius 1 is 1.03 bits per heavy atom. The highest BCUT2D eigenvalue weighted by Crippen LogP contribution is 2.19. The van der Waals surface area contributed by atoms with Gasteiger partial charge >= 0.3 is 5.97 Å².